The van der Waals surface area contributed by atoms with Gasteiger partial charge >= 0.3 is 0 Å². The summed E-state index contributed by atoms with van der Waals surface area (Å²) in [6, 6.07) is 20.8. The summed E-state index contributed by atoms with van der Waals surface area (Å²) in [6.07, 6.45) is 5.37. The van der Waals surface area contributed by atoms with E-state index in [9.17, 15) is 8.42 Å². The Bertz CT molecular complexity index is 1620. The Kier molecular flexibility index (Phi) is 6.17. The Hall–Kier alpha value is -4.57. The van der Waals surface area contributed by atoms with Crippen LogP contribution < -0.4 is 19.5 Å². The van der Waals surface area contributed by atoms with Crippen LogP contribution in [0.3, 0.4) is 0 Å². The van der Waals surface area contributed by atoms with Gasteiger partial charge in [-0.3, -0.25) is 4.72 Å². The minimum Gasteiger partial charge on any atom is -0.497 e. The normalized spacial score (nSPS) is 11.3. The quantitative estimate of drug-likeness (QED) is 0.310. The number of rotatable bonds is 8. The first-order valence-electron chi connectivity index (χ1n) is 11.0. The molecular formula is C26H23N5O4S. The zero-order chi connectivity index (χ0) is 25.1. The molecule has 0 atom stereocenters. The number of hydrogen-bond acceptors (Lipinski definition) is 7. The lowest BCUT2D eigenvalue weighted by molar-refractivity contribution is 0.414. The van der Waals surface area contributed by atoms with Crippen LogP contribution in [0.2, 0.25) is 0 Å². The smallest absolute Gasteiger partial charge is 0.261 e. The van der Waals surface area contributed by atoms with Crippen molar-refractivity contribution in [3.05, 3.63) is 91.4 Å². The molecule has 0 aliphatic carbocycles. The van der Waals surface area contributed by atoms with Crippen molar-refractivity contribution in [3.8, 4) is 22.8 Å². The van der Waals surface area contributed by atoms with Gasteiger partial charge in [0.05, 0.1) is 24.8 Å². The summed E-state index contributed by atoms with van der Waals surface area (Å²) in [6.45, 7) is 0. The van der Waals surface area contributed by atoms with Gasteiger partial charge in [-0.1, -0.05) is 12.1 Å². The average Bonchev–Trinajstić information content (AvgIpc) is 3.38. The third-order valence-corrected chi connectivity index (χ3v) is 6.90. The highest BCUT2D eigenvalue weighted by molar-refractivity contribution is 7.92. The predicted molar refractivity (Wildman–Crippen MR) is 139 cm³/mol. The Morgan fingerprint density at radius 2 is 1.56 bits per heavy atom. The molecule has 0 fully saturated rings. The maximum absolute atomic E-state index is 12.9. The molecule has 0 saturated heterocycles. The second-order valence-electron chi connectivity index (χ2n) is 7.85. The third kappa shape index (κ3) is 4.80. The van der Waals surface area contributed by atoms with E-state index in [1.807, 2.05) is 47.1 Å². The summed E-state index contributed by atoms with van der Waals surface area (Å²) in [5.74, 6) is 1.89. The molecule has 0 bridgehead atoms. The number of nitrogens with zero attached hydrogens (tertiary/aromatic N) is 3. The second kappa shape index (κ2) is 9.59. The van der Waals surface area contributed by atoms with Crippen molar-refractivity contribution in [3.63, 3.8) is 0 Å². The zero-order valence-corrected chi connectivity index (χ0v) is 20.4. The third-order valence-electron chi connectivity index (χ3n) is 5.51. The lowest BCUT2D eigenvalue weighted by Crippen LogP contribution is -2.12. The Labute approximate surface area is 208 Å². The number of aromatic nitrogens is 3. The van der Waals surface area contributed by atoms with Gasteiger partial charge in [-0.2, -0.15) is 0 Å². The summed E-state index contributed by atoms with van der Waals surface area (Å²) < 4.78 is 40.6. The monoisotopic (exact) mass is 501 g/mol. The van der Waals surface area contributed by atoms with Crippen LogP contribution in [0.15, 0.2) is 96.3 Å². The molecule has 0 unspecified atom stereocenters. The maximum atomic E-state index is 12.9. The number of methoxy groups -OCH3 is 2. The fourth-order valence-corrected chi connectivity index (χ4v) is 4.73. The number of imidazole rings is 1. The summed E-state index contributed by atoms with van der Waals surface area (Å²) in [7, 11) is -0.635. The minimum atomic E-state index is -3.78. The number of benzene rings is 3. The second-order valence-corrected chi connectivity index (χ2v) is 9.53. The van der Waals surface area contributed by atoms with E-state index in [1.165, 1.54) is 19.2 Å². The molecule has 0 spiro atoms. The molecule has 2 heterocycles. The van der Waals surface area contributed by atoms with Gasteiger partial charge in [-0.15, -0.1) is 0 Å². The van der Waals surface area contributed by atoms with E-state index in [1.54, 1.807) is 43.6 Å². The van der Waals surface area contributed by atoms with Crippen molar-refractivity contribution >= 4 is 32.9 Å². The molecule has 0 aliphatic rings. The van der Waals surface area contributed by atoms with Crippen molar-refractivity contribution in [1.82, 2.24) is 14.4 Å². The van der Waals surface area contributed by atoms with Crippen molar-refractivity contribution < 1.29 is 17.9 Å². The van der Waals surface area contributed by atoms with E-state index in [-0.39, 0.29) is 4.90 Å². The average molecular weight is 502 g/mol. The first kappa shape index (κ1) is 23.2. The van der Waals surface area contributed by atoms with Crippen LogP contribution in [0.1, 0.15) is 0 Å². The van der Waals surface area contributed by atoms with Crippen LogP contribution in [0.4, 0.5) is 17.2 Å². The summed E-state index contributed by atoms with van der Waals surface area (Å²) in [5.41, 5.74) is 3.28. The zero-order valence-electron chi connectivity index (χ0n) is 19.5. The molecule has 0 amide bonds. The van der Waals surface area contributed by atoms with Gasteiger partial charge in [0, 0.05) is 35.5 Å². The number of sulfonamides is 1. The summed E-state index contributed by atoms with van der Waals surface area (Å²) in [4.78, 5) is 9.32. The highest BCUT2D eigenvalue weighted by Gasteiger charge is 2.16. The largest absolute Gasteiger partial charge is 0.497 e. The molecule has 0 radical (unpaired) electrons. The number of nitrogens with one attached hydrogen (secondary N) is 2. The fourth-order valence-electron chi connectivity index (χ4n) is 3.68. The molecule has 0 saturated carbocycles. The van der Waals surface area contributed by atoms with Gasteiger partial charge < -0.3 is 19.2 Å². The Balaban J connectivity index is 1.46. The molecule has 5 rings (SSSR count). The van der Waals surface area contributed by atoms with E-state index in [0.29, 0.717) is 28.6 Å². The van der Waals surface area contributed by atoms with Gasteiger partial charge in [0.15, 0.2) is 11.5 Å². The van der Waals surface area contributed by atoms with Crippen molar-refractivity contribution in [1.29, 1.82) is 0 Å². The molecule has 182 valence electrons. The predicted octanol–water partition coefficient (Wildman–Crippen LogP) is 4.96. The minimum absolute atomic E-state index is 0.137. The molecule has 2 aromatic heterocycles. The van der Waals surface area contributed by atoms with Gasteiger partial charge in [0.1, 0.15) is 11.5 Å². The molecule has 3 aromatic carbocycles. The number of hydrogen-bond donors (Lipinski definition) is 2. The van der Waals surface area contributed by atoms with Gasteiger partial charge in [0.25, 0.3) is 10.0 Å². The molecule has 0 aliphatic heterocycles. The van der Waals surface area contributed by atoms with Crippen LogP contribution in [0, 0.1) is 0 Å². The lowest BCUT2D eigenvalue weighted by atomic mass is 10.1. The molecular weight excluding hydrogens is 478 g/mol. The Morgan fingerprint density at radius 3 is 2.25 bits per heavy atom. The highest BCUT2D eigenvalue weighted by atomic mass is 32.2. The van der Waals surface area contributed by atoms with Crippen LogP contribution in [-0.2, 0) is 10.0 Å². The van der Waals surface area contributed by atoms with E-state index in [4.69, 9.17) is 14.5 Å². The molecule has 9 nitrogen and oxygen atoms in total. The van der Waals surface area contributed by atoms with Crippen LogP contribution in [0.25, 0.3) is 16.9 Å². The van der Waals surface area contributed by atoms with Crippen molar-refractivity contribution in [2.45, 2.75) is 4.90 Å². The molecule has 36 heavy (non-hydrogen) atoms. The first-order valence-corrected chi connectivity index (χ1v) is 12.5. The molecule has 2 N–H and O–H groups in total. The SMILES string of the molecule is COc1ccc(Nc2nc(-c3cccc(NS(=O)(=O)c4ccc(OC)cc4)c3)cn3ccnc23)cc1. The van der Waals surface area contributed by atoms with E-state index < -0.39 is 10.0 Å². The Morgan fingerprint density at radius 1 is 0.861 bits per heavy atom. The summed E-state index contributed by atoms with van der Waals surface area (Å²) in [5, 5.41) is 3.31. The number of anilines is 3. The summed E-state index contributed by atoms with van der Waals surface area (Å²) >= 11 is 0. The maximum Gasteiger partial charge on any atom is 0.261 e. The van der Waals surface area contributed by atoms with Crippen molar-refractivity contribution in [2.75, 3.05) is 24.3 Å². The molecule has 10 heteroatoms. The number of ether oxygens (including phenoxy) is 2. The topological polar surface area (TPSA) is 107 Å². The van der Waals surface area contributed by atoms with Gasteiger partial charge in [-0.05, 0) is 60.7 Å². The lowest BCUT2D eigenvalue weighted by Gasteiger charge is -2.12. The van der Waals surface area contributed by atoms with E-state index in [0.717, 1.165) is 17.0 Å². The van der Waals surface area contributed by atoms with Crippen LogP contribution in [0.5, 0.6) is 11.5 Å². The fraction of sp³-hybridized carbons (Fsp3) is 0.0769. The standard InChI is InChI=1S/C26H23N5O4S/c1-34-21-8-6-19(7-9-21)28-25-26-27-14-15-31(26)17-24(29-25)18-4-3-5-20(16-18)30-36(32,33)23-12-10-22(35-2)11-13-23/h3-17,30H,1-2H3,(H,28,29). The molecule has 5 aromatic rings. The van der Waals surface area contributed by atoms with Crippen molar-refractivity contribution in [2.24, 2.45) is 0 Å². The van der Waals surface area contributed by atoms with Gasteiger partial charge in [-0.25, -0.2) is 18.4 Å². The van der Waals surface area contributed by atoms with Crippen LogP contribution in [-0.4, -0.2) is 37.0 Å². The highest BCUT2D eigenvalue weighted by Crippen LogP contribution is 2.28. The van der Waals surface area contributed by atoms with Crippen LogP contribution >= 0.6 is 0 Å². The van der Waals surface area contributed by atoms with E-state index in [2.05, 4.69) is 15.0 Å². The van der Waals surface area contributed by atoms with Gasteiger partial charge in [0.2, 0.25) is 0 Å². The van der Waals surface area contributed by atoms with E-state index >= 15 is 0 Å². The first-order chi connectivity index (χ1) is 17.4. The number of fused-ring (bicyclic) bond motifs is 1.